The van der Waals surface area contributed by atoms with E-state index in [4.69, 9.17) is 5.73 Å². The van der Waals surface area contributed by atoms with Crippen LogP contribution in [0.25, 0.3) is 0 Å². The first-order valence-corrected chi connectivity index (χ1v) is 9.32. The Balaban J connectivity index is 1.68. The Morgan fingerprint density at radius 1 is 1.05 bits per heavy atom. The Kier molecular flexibility index (Phi) is 4.17. The molecule has 110 valence electrons. The van der Waals surface area contributed by atoms with Gasteiger partial charge in [-0.05, 0) is 62.8 Å². The summed E-state index contributed by atoms with van der Waals surface area (Å²) in [7, 11) is 0. The highest BCUT2D eigenvalue weighted by molar-refractivity contribution is 8.00. The van der Waals surface area contributed by atoms with Crippen molar-refractivity contribution in [2.75, 3.05) is 25.4 Å². The molecule has 2 aliphatic heterocycles. The maximum absolute atomic E-state index is 6.25. The Hall–Kier alpha value is 0.270. The number of piperidine rings is 1. The Morgan fingerprint density at radius 3 is 2.32 bits per heavy atom. The third kappa shape index (κ3) is 2.47. The number of hydrogen-bond acceptors (Lipinski definition) is 3. The quantitative estimate of drug-likeness (QED) is 0.843. The second-order valence-electron chi connectivity index (χ2n) is 7.12. The summed E-state index contributed by atoms with van der Waals surface area (Å²) in [5.41, 5.74) is 7.29. The summed E-state index contributed by atoms with van der Waals surface area (Å²) in [6.07, 6.45) is 11.5. The highest BCUT2D eigenvalue weighted by Gasteiger charge is 2.46. The van der Waals surface area contributed by atoms with Crippen molar-refractivity contribution in [3.63, 3.8) is 0 Å². The highest BCUT2D eigenvalue weighted by atomic mass is 32.2. The summed E-state index contributed by atoms with van der Waals surface area (Å²) in [6, 6.07) is 0. The molecule has 3 aliphatic rings. The van der Waals surface area contributed by atoms with Crippen LogP contribution < -0.4 is 5.73 Å². The van der Waals surface area contributed by atoms with Gasteiger partial charge in [-0.2, -0.15) is 11.8 Å². The van der Waals surface area contributed by atoms with E-state index >= 15 is 0 Å². The number of likely N-dealkylation sites (tertiary alicyclic amines) is 1. The zero-order chi connectivity index (χ0) is 13.3. The second kappa shape index (κ2) is 5.57. The van der Waals surface area contributed by atoms with Crippen LogP contribution in [0.1, 0.15) is 58.3 Å². The summed E-state index contributed by atoms with van der Waals surface area (Å²) in [5, 5.41) is 0.712. The number of rotatable bonds is 2. The largest absolute Gasteiger partial charge is 0.329 e. The monoisotopic (exact) mass is 282 g/mol. The van der Waals surface area contributed by atoms with E-state index in [0.29, 0.717) is 10.8 Å². The molecule has 0 aromatic rings. The molecule has 1 aliphatic carbocycles. The van der Waals surface area contributed by atoms with Gasteiger partial charge >= 0.3 is 0 Å². The van der Waals surface area contributed by atoms with Crippen molar-refractivity contribution in [3.05, 3.63) is 0 Å². The molecule has 0 amide bonds. The summed E-state index contributed by atoms with van der Waals surface area (Å²) < 4.78 is 0. The smallest absolute Gasteiger partial charge is 0.0447 e. The van der Waals surface area contributed by atoms with Gasteiger partial charge in [0.15, 0.2) is 0 Å². The number of thioether (sulfide) groups is 1. The Bertz CT molecular complexity index is 304. The predicted octanol–water partition coefficient (Wildman–Crippen LogP) is 3.26. The van der Waals surface area contributed by atoms with Gasteiger partial charge in [0, 0.05) is 17.3 Å². The maximum atomic E-state index is 6.25. The molecule has 3 heteroatoms. The lowest BCUT2D eigenvalue weighted by Crippen LogP contribution is -2.63. The molecule has 2 heterocycles. The molecule has 1 saturated carbocycles. The lowest BCUT2D eigenvalue weighted by Gasteiger charge is -2.53. The van der Waals surface area contributed by atoms with Gasteiger partial charge in [0.25, 0.3) is 0 Å². The van der Waals surface area contributed by atoms with E-state index in [2.05, 4.69) is 23.6 Å². The lowest BCUT2D eigenvalue weighted by molar-refractivity contribution is 0.0156. The van der Waals surface area contributed by atoms with E-state index < -0.39 is 0 Å². The van der Waals surface area contributed by atoms with Crippen molar-refractivity contribution < 1.29 is 0 Å². The highest BCUT2D eigenvalue weighted by Crippen LogP contribution is 2.48. The van der Waals surface area contributed by atoms with Crippen LogP contribution in [-0.4, -0.2) is 41.1 Å². The molecule has 19 heavy (non-hydrogen) atoms. The normalized spacial score (nSPS) is 39.8. The fourth-order valence-corrected chi connectivity index (χ4v) is 6.20. The van der Waals surface area contributed by atoms with Gasteiger partial charge in [-0.1, -0.05) is 19.8 Å². The van der Waals surface area contributed by atoms with Crippen molar-refractivity contribution in [2.24, 2.45) is 11.1 Å². The van der Waals surface area contributed by atoms with Crippen LogP contribution in [0.4, 0.5) is 0 Å². The molecule has 2 N–H and O–H groups in total. The topological polar surface area (TPSA) is 29.3 Å². The summed E-state index contributed by atoms with van der Waals surface area (Å²) in [6.45, 7) is 5.88. The predicted molar refractivity (Wildman–Crippen MR) is 84.6 cm³/mol. The van der Waals surface area contributed by atoms with Gasteiger partial charge in [-0.25, -0.2) is 0 Å². The first-order chi connectivity index (χ1) is 9.21. The number of nitrogens with zero attached hydrogens (tertiary/aromatic N) is 1. The molecule has 0 bridgehead atoms. The minimum absolute atomic E-state index is 0.309. The lowest BCUT2D eigenvalue weighted by atomic mass is 9.75. The zero-order valence-corrected chi connectivity index (χ0v) is 13.3. The third-order valence-corrected chi connectivity index (χ3v) is 7.81. The molecule has 2 saturated heterocycles. The molecule has 2 atom stereocenters. The van der Waals surface area contributed by atoms with E-state index in [9.17, 15) is 0 Å². The molecule has 1 spiro atoms. The molecular weight excluding hydrogens is 252 g/mol. The van der Waals surface area contributed by atoms with Gasteiger partial charge in [0.2, 0.25) is 0 Å². The van der Waals surface area contributed by atoms with E-state index in [0.717, 1.165) is 12.0 Å². The minimum Gasteiger partial charge on any atom is -0.329 e. The van der Waals surface area contributed by atoms with E-state index in [1.165, 1.54) is 70.2 Å². The Morgan fingerprint density at radius 2 is 1.74 bits per heavy atom. The van der Waals surface area contributed by atoms with Gasteiger partial charge in [0.05, 0.1) is 0 Å². The van der Waals surface area contributed by atoms with Crippen molar-refractivity contribution in [1.82, 2.24) is 4.90 Å². The second-order valence-corrected chi connectivity index (χ2v) is 8.57. The summed E-state index contributed by atoms with van der Waals surface area (Å²) >= 11 is 2.15. The van der Waals surface area contributed by atoms with E-state index in [1.54, 1.807) is 0 Å². The summed E-state index contributed by atoms with van der Waals surface area (Å²) in [4.78, 5) is 2.79. The van der Waals surface area contributed by atoms with Crippen LogP contribution in [-0.2, 0) is 0 Å². The average molecular weight is 282 g/mol. The van der Waals surface area contributed by atoms with Crippen molar-refractivity contribution in [3.8, 4) is 0 Å². The minimum atomic E-state index is 0.309. The fraction of sp³-hybridized carbons (Fsp3) is 1.00. The van der Waals surface area contributed by atoms with E-state index in [1.807, 2.05) is 0 Å². The molecular formula is C16H30N2S. The zero-order valence-electron chi connectivity index (χ0n) is 12.5. The van der Waals surface area contributed by atoms with Crippen LogP contribution >= 0.6 is 11.8 Å². The van der Waals surface area contributed by atoms with Gasteiger partial charge < -0.3 is 5.73 Å². The van der Waals surface area contributed by atoms with Crippen molar-refractivity contribution in [1.29, 1.82) is 0 Å². The van der Waals surface area contributed by atoms with Gasteiger partial charge in [-0.15, -0.1) is 0 Å². The van der Waals surface area contributed by atoms with Crippen LogP contribution in [0.15, 0.2) is 0 Å². The first kappa shape index (κ1) is 14.2. The van der Waals surface area contributed by atoms with Crippen molar-refractivity contribution in [2.45, 2.75) is 69.1 Å². The third-order valence-electron chi connectivity index (χ3n) is 6.35. The average Bonchev–Trinajstić information content (AvgIpc) is 2.89. The van der Waals surface area contributed by atoms with Gasteiger partial charge in [0.1, 0.15) is 0 Å². The van der Waals surface area contributed by atoms with Crippen LogP contribution in [0, 0.1) is 5.41 Å². The Labute approximate surface area is 122 Å². The molecule has 2 nitrogen and oxygen atoms in total. The van der Waals surface area contributed by atoms with Gasteiger partial charge in [-0.3, -0.25) is 4.90 Å². The SMILES string of the molecule is CC1SCCCC1(CN)N1CCC2(CCCC2)CC1. The first-order valence-electron chi connectivity index (χ1n) is 8.28. The van der Waals surface area contributed by atoms with Crippen LogP contribution in [0.3, 0.4) is 0 Å². The number of hydrogen-bond donors (Lipinski definition) is 1. The number of nitrogens with two attached hydrogens (primary N) is 1. The molecule has 3 fully saturated rings. The fourth-order valence-electron chi connectivity index (χ4n) is 4.86. The van der Waals surface area contributed by atoms with Crippen LogP contribution in [0.5, 0.6) is 0 Å². The molecule has 0 aromatic heterocycles. The molecule has 2 unspecified atom stereocenters. The maximum Gasteiger partial charge on any atom is 0.0447 e. The van der Waals surface area contributed by atoms with Crippen molar-refractivity contribution >= 4 is 11.8 Å². The van der Waals surface area contributed by atoms with E-state index in [-0.39, 0.29) is 0 Å². The summed E-state index contributed by atoms with van der Waals surface area (Å²) in [5.74, 6) is 1.33. The molecule has 0 radical (unpaired) electrons. The molecule has 0 aromatic carbocycles. The molecule has 3 rings (SSSR count). The standard InChI is InChI=1S/C16H30N2S/c1-14-16(13-17,7-4-12-19-14)18-10-8-15(9-11-18)5-2-3-6-15/h14H,2-13,17H2,1H3. The van der Waals surface area contributed by atoms with Crippen LogP contribution in [0.2, 0.25) is 0 Å².